The fraction of sp³-hybridized carbons (Fsp3) is 0.0545. The molecule has 0 saturated carbocycles. The van der Waals surface area contributed by atoms with Crippen LogP contribution in [0.5, 0.6) is 0 Å². The lowest BCUT2D eigenvalue weighted by molar-refractivity contribution is 0.660. The van der Waals surface area contributed by atoms with Gasteiger partial charge in [-0.05, 0) is 256 Å². The molecule has 0 fully saturated rings. The number of hydrogen-bond acceptors (Lipinski definition) is 0. The van der Waals surface area contributed by atoms with Crippen LogP contribution in [-0.2, 0) is 10.8 Å². The zero-order valence-corrected chi connectivity index (χ0v) is 63.7. The van der Waals surface area contributed by atoms with Crippen molar-refractivity contribution in [2.75, 3.05) is 0 Å². The molecule has 0 unspecified atom stereocenters. The molecular formula is C110H76N4. The van der Waals surface area contributed by atoms with E-state index in [0.717, 1.165) is 0 Å². The van der Waals surface area contributed by atoms with Crippen molar-refractivity contribution in [3.05, 3.63) is 411 Å². The fourth-order valence-corrected chi connectivity index (χ4v) is 19.7. The molecule has 2 aliphatic rings. The summed E-state index contributed by atoms with van der Waals surface area (Å²) in [6, 6.07) is 144. The van der Waals surface area contributed by atoms with Crippen LogP contribution in [0.1, 0.15) is 49.9 Å². The minimum atomic E-state index is -0.0299. The number of para-hydroxylation sites is 6. The third-order valence-corrected chi connectivity index (χ3v) is 25.4. The van der Waals surface area contributed by atoms with Gasteiger partial charge in [0.1, 0.15) is 0 Å². The van der Waals surface area contributed by atoms with Crippen LogP contribution in [0.2, 0.25) is 0 Å². The zero-order valence-electron chi connectivity index (χ0n) is 63.7. The van der Waals surface area contributed by atoms with E-state index < -0.39 is 0 Å². The molecule has 0 aliphatic heterocycles. The van der Waals surface area contributed by atoms with Crippen molar-refractivity contribution in [2.24, 2.45) is 0 Å². The summed E-state index contributed by atoms with van der Waals surface area (Å²) in [6.07, 6.45) is 0. The number of hydrogen-bond donors (Lipinski definition) is 0. The number of rotatable bonds is 8. The zero-order chi connectivity index (χ0) is 75.7. The van der Waals surface area contributed by atoms with E-state index in [0.29, 0.717) is 0 Å². The molecule has 0 spiro atoms. The van der Waals surface area contributed by atoms with Gasteiger partial charge < -0.3 is 18.3 Å². The molecule has 0 atom stereocenters. The Labute approximate surface area is 661 Å². The molecule has 0 saturated heterocycles. The number of benzene rings is 18. The van der Waals surface area contributed by atoms with Crippen LogP contribution >= 0.6 is 0 Å². The van der Waals surface area contributed by atoms with Gasteiger partial charge in [-0.1, -0.05) is 270 Å². The summed E-state index contributed by atoms with van der Waals surface area (Å²) in [5.41, 5.74) is 35.3. The van der Waals surface area contributed by atoms with Crippen molar-refractivity contribution < 1.29 is 0 Å². The van der Waals surface area contributed by atoms with E-state index in [1.807, 2.05) is 0 Å². The number of nitrogens with zero attached hydrogens (tertiary/aromatic N) is 4. The highest BCUT2D eigenvalue weighted by molar-refractivity contribution is 6.15. The minimum Gasteiger partial charge on any atom is -0.309 e. The average Bonchev–Trinajstić information content (AvgIpc) is 1.59. The lowest BCUT2D eigenvalue weighted by atomic mass is 9.81. The molecule has 24 rings (SSSR count). The van der Waals surface area contributed by atoms with E-state index >= 15 is 0 Å². The summed E-state index contributed by atoms with van der Waals surface area (Å²) in [5.74, 6) is 0. The maximum Gasteiger partial charge on any atom is 0.0541 e. The smallest absolute Gasteiger partial charge is 0.0541 e. The summed E-state index contributed by atoms with van der Waals surface area (Å²) in [6.45, 7) is 9.41. The first-order valence-electron chi connectivity index (χ1n) is 39.8. The Balaban J connectivity index is 0.000000135. The van der Waals surface area contributed by atoms with Crippen LogP contribution in [-0.4, -0.2) is 18.3 Å². The molecule has 114 heavy (non-hydrogen) atoms. The van der Waals surface area contributed by atoms with Crippen molar-refractivity contribution in [2.45, 2.75) is 38.5 Å². The molecule has 4 heterocycles. The van der Waals surface area contributed by atoms with Crippen LogP contribution in [0, 0.1) is 0 Å². The SMILES string of the molecule is CC1(C)c2ccccc2-c2ccc(-c3ccc4cc(-n5c6ccccc6c6cc(-c7ccc8c(c7)c7ccccc7n8-c7ccccc7)ccc65)ccc4c3)cc21.CC1(C)c2ccccc2-c2ccc(-c3ccc4ccc(-n5c6ccccc6c6cc(-c7ccc8c(c7)c7ccccc7n8-c7ccccc7)ccc65)cc4c3)cc21. The van der Waals surface area contributed by atoms with E-state index in [9.17, 15) is 0 Å². The van der Waals surface area contributed by atoms with Gasteiger partial charge in [0.2, 0.25) is 0 Å². The summed E-state index contributed by atoms with van der Waals surface area (Å²) in [5, 5.41) is 15.0. The second kappa shape index (κ2) is 25.1. The fourth-order valence-electron chi connectivity index (χ4n) is 19.7. The molecule has 18 aromatic carbocycles. The topological polar surface area (TPSA) is 19.7 Å². The van der Waals surface area contributed by atoms with Gasteiger partial charge in [-0.25, -0.2) is 0 Å². The van der Waals surface area contributed by atoms with Gasteiger partial charge in [-0.15, -0.1) is 0 Å². The summed E-state index contributed by atoms with van der Waals surface area (Å²) >= 11 is 0. The first-order valence-corrected chi connectivity index (χ1v) is 39.8. The molecule has 0 bridgehead atoms. The van der Waals surface area contributed by atoms with Crippen LogP contribution in [0.3, 0.4) is 0 Å². The van der Waals surface area contributed by atoms with Crippen molar-refractivity contribution in [3.8, 4) is 89.5 Å². The molecule has 0 radical (unpaired) electrons. The molecule has 0 N–H and O–H groups in total. The predicted molar refractivity (Wildman–Crippen MR) is 482 cm³/mol. The van der Waals surface area contributed by atoms with Gasteiger partial charge in [0.25, 0.3) is 0 Å². The Kier molecular flexibility index (Phi) is 14.4. The first kappa shape index (κ1) is 65.6. The van der Waals surface area contributed by atoms with Crippen LogP contribution < -0.4 is 0 Å². The van der Waals surface area contributed by atoms with E-state index in [1.54, 1.807) is 0 Å². The second-order valence-corrected chi connectivity index (χ2v) is 32.4. The monoisotopic (exact) mass is 1450 g/mol. The van der Waals surface area contributed by atoms with Gasteiger partial charge >= 0.3 is 0 Å². The molecule has 4 nitrogen and oxygen atoms in total. The van der Waals surface area contributed by atoms with Crippen molar-refractivity contribution in [1.29, 1.82) is 0 Å². The summed E-state index contributed by atoms with van der Waals surface area (Å²) < 4.78 is 9.62. The molecule has 22 aromatic rings. The first-order chi connectivity index (χ1) is 56.0. The summed E-state index contributed by atoms with van der Waals surface area (Å²) in [7, 11) is 0. The van der Waals surface area contributed by atoms with Gasteiger partial charge in [-0.2, -0.15) is 0 Å². The van der Waals surface area contributed by atoms with Crippen LogP contribution in [0.25, 0.3) is 198 Å². The van der Waals surface area contributed by atoms with Crippen molar-refractivity contribution in [1.82, 2.24) is 18.3 Å². The minimum absolute atomic E-state index is 0.0193. The largest absolute Gasteiger partial charge is 0.309 e. The maximum absolute atomic E-state index is 2.44. The molecule has 4 aromatic heterocycles. The normalized spacial score (nSPS) is 13.2. The Hall–Kier alpha value is -14.3. The number of aromatic nitrogens is 4. The van der Waals surface area contributed by atoms with Crippen molar-refractivity contribution >= 4 is 109 Å². The highest BCUT2D eigenvalue weighted by Gasteiger charge is 2.37. The third-order valence-electron chi connectivity index (χ3n) is 25.4. The van der Waals surface area contributed by atoms with Crippen LogP contribution in [0.4, 0.5) is 0 Å². The summed E-state index contributed by atoms with van der Waals surface area (Å²) in [4.78, 5) is 0. The third kappa shape index (κ3) is 10.0. The van der Waals surface area contributed by atoms with Gasteiger partial charge in [-0.3, -0.25) is 0 Å². The second-order valence-electron chi connectivity index (χ2n) is 32.4. The molecule has 0 amide bonds. The highest BCUT2D eigenvalue weighted by atomic mass is 15.0. The lowest BCUT2D eigenvalue weighted by Gasteiger charge is -2.22. The quantitative estimate of drug-likeness (QED) is 0.144. The molecule has 536 valence electrons. The highest BCUT2D eigenvalue weighted by Crippen LogP contribution is 2.52. The number of fused-ring (bicyclic) bond motifs is 20. The van der Waals surface area contributed by atoms with E-state index in [1.165, 1.54) is 221 Å². The average molecular weight is 1450 g/mol. The molecular weight excluding hydrogens is 1380 g/mol. The Morgan fingerprint density at radius 1 is 0.158 bits per heavy atom. The Morgan fingerprint density at radius 3 is 0.833 bits per heavy atom. The Bertz CT molecular complexity index is 7780. The van der Waals surface area contributed by atoms with Gasteiger partial charge in [0.05, 0.1) is 44.1 Å². The van der Waals surface area contributed by atoms with Crippen molar-refractivity contribution in [3.63, 3.8) is 0 Å². The maximum atomic E-state index is 2.44. The van der Waals surface area contributed by atoms with Crippen LogP contribution in [0.15, 0.2) is 388 Å². The van der Waals surface area contributed by atoms with Gasteiger partial charge in [0, 0.05) is 76.7 Å². The predicted octanol–water partition coefficient (Wildman–Crippen LogP) is 29.3. The van der Waals surface area contributed by atoms with Gasteiger partial charge in [0.15, 0.2) is 0 Å². The van der Waals surface area contributed by atoms with E-state index in [4.69, 9.17) is 0 Å². The molecule has 2 aliphatic carbocycles. The molecule has 4 heteroatoms. The standard InChI is InChI=1S/2C55H38N2/c1-55(2)49-17-9-6-14-43(49)44-27-23-40(34-50(44)55)35-20-21-37-31-42(26-22-36(37)30-35)57-52-19-11-8-16-46(52)48-33-39(25-29-54(48)57)38-24-28-53-47(32-38)45-15-7-10-18-51(45)56(53)41-12-4-3-5-13-41;1-55(2)49-17-9-6-14-43(49)44-27-23-39(34-50(44)55)36-21-20-35-22-26-42(31-40(35)30-36)57-52-19-11-8-16-46(52)48-33-38(25-29-54(48)57)37-24-28-53-47(32-37)45-15-7-10-18-51(45)56(53)41-12-4-3-5-13-41/h2*3-34H,1-2H3. The van der Waals surface area contributed by atoms with E-state index in [2.05, 4.69) is 434 Å². The Morgan fingerprint density at radius 2 is 0.421 bits per heavy atom. The van der Waals surface area contributed by atoms with E-state index in [-0.39, 0.29) is 10.8 Å². The lowest BCUT2D eigenvalue weighted by Crippen LogP contribution is -2.14.